The Hall–Kier alpha value is -3.99. The molecule has 5 rings (SSSR count). The van der Waals surface area contributed by atoms with Gasteiger partial charge in [0.05, 0.1) is 36.3 Å². The number of hydrogen-bond donors (Lipinski definition) is 2. The number of hydrogen-bond acceptors (Lipinski definition) is 7. The van der Waals surface area contributed by atoms with Crippen molar-refractivity contribution in [2.45, 2.75) is 45.4 Å². The van der Waals surface area contributed by atoms with Crippen molar-refractivity contribution in [3.8, 4) is 11.5 Å². The van der Waals surface area contributed by atoms with Gasteiger partial charge in [0.15, 0.2) is 0 Å². The van der Waals surface area contributed by atoms with E-state index in [1.54, 1.807) is 30.1 Å². The molecule has 10 nitrogen and oxygen atoms in total. The van der Waals surface area contributed by atoms with Crippen molar-refractivity contribution in [1.29, 1.82) is 0 Å². The number of rotatable bonds is 12. The van der Waals surface area contributed by atoms with Crippen molar-refractivity contribution in [2.24, 2.45) is 0 Å². The topological polar surface area (TPSA) is 103 Å². The molecule has 0 spiro atoms. The standard InChI is InChI=1S/C37H47N5O5.2ClH/c1-26-14-17-31(33(24-26)47-23-7-5-6-13-34(43)42-21-19-40(2)20-22-42)41(3)37(45)28-15-16-30(32(25-28)46-4)39-36(44)29-12-8-10-27-11-9-18-38-35(27)29;;/h8,10,12,14-17,24-25,38H,5-7,9,11,13,18-23H2,1-4H3,(H,39,44);2*1H. The molecular weight excluding hydrogens is 665 g/mol. The van der Waals surface area contributed by atoms with Crippen LogP contribution >= 0.6 is 24.8 Å². The summed E-state index contributed by atoms with van der Waals surface area (Å²) >= 11 is 0. The van der Waals surface area contributed by atoms with Crippen LogP contribution in [0.15, 0.2) is 54.6 Å². The van der Waals surface area contributed by atoms with Gasteiger partial charge < -0.3 is 34.8 Å². The lowest BCUT2D eigenvalue weighted by Gasteiger charge is -2.32. The van der Waals surface area contributed by atoms with E-state index in [2.05, 4.69) is 22.6 Å². The van der Waals surface area contributed by atoms with Crippen LogP contribution < -0.4 is 25.0 Å². The Balaban J connectivity index is 0.00000325. The number of carbonyl (C=O) groups is 3. The predicted molar refractivity (Wildman–Crippen MR) is 201 cm³/mol. The second kappa shape index (κ2) is 18.7. The molecule has 0 aromatic heterocycles. The Labute approximate surface area is 302 Å². The van der Waals surface area contributed by atoms with E-state index >= 15 is 0 Å². The van der Waals surface area contributed by atoms with Gasteiger partial charge in [-0.3, -0.25) is 14.4 Å². The number of anilines is 3. The highest BCUT2D eigenvalue weighted by atomic mass is 35.5. The maximum absolute atomic E-state index is 13.7. The Morgan fingerprint density at radius 1 is 0.939 bits per heavy atom. The predicted octanol–water partition coefficient (Wildman–Crippen LogP) is 6.45. The molecule has 3 amide bonds. The van der Waals surface area contributed by atoms with Gasteiger partial charge in [-0.2, -0.15) is 0 Å². The Bertz CT molecular complexity index is 1600. The number of para-hydroxylation sites is 1. The fourth-order valence-electron chi connectivity index (χ4n) is 6.08. The third kappa shape index (κ3) is 10.0. The fourth-order valence-corrected chi connectivity index (χ4v) is 6.08. The Morgan fingerprint density at radius 3 is 2.47 bits per heavy atom. The molecule has 1 fully saturated rings. The molecule has 0 atom stereocenters. The summed E-state index contributed by atoms with van der Waals surface area (Å²) < 4.78 is 11.8. The van der Waals surface area contributed by atoms with E-state index in [-0.39, 0.29) is 42.5 Å². The summed E-state index contributed by atoms with van der Waals surface area (Å²) in [4.78, 5) is 45.2. The molecule has 2 N–H and O–H groups in total. The molecule has 3 aromatic carbocycles. The lowest BCUT2D eigenvalue weighted by Crippen LogP contribution is -2.47. The quantitative estimate of drug-likeness (QED) is 0.208. The minimum absolute atomic E-state index is 0. The zero-order chi connectivity index (χ0) is 33.3. The lowest BCUT2D eigenvalue weighted by atomic mass is 9.99. The molecule has 0 unspecified atom stereocenters. The molecule has 2 aliphatic rings. The average Bonchev–Trinajstić information content (AvgIpc) is 3.09. The SMILES string of the molecule is COc1cc(C(=O)N(C)c2ccc(C)cc2OCCCCCC(=O)N2CCN(C)CC2)ccc1NC(=O)c1cccc2c1NCCC2.Cl.Cl. The van der Waals surface area contributed by atoms with E-state index in [4.69, 9.17) is 9.47 Å². The van der Waals surface area contributed by atoms with E-state index in [1.165, 1.54) is 7.11 Å². The number of benzene rings is 3. The summed E-state index contributed by atoms with van der Waals surface area (Å²) in [5.41, 5.74) is 5.16. The molecule has 2 aliphatic heterocycles. The number of aryl methyl sites for hydroxylation is 2. The molecule has 0 aliphatic carbocycles. The first-order valence-corrected chi connectivity index (χ1v) is 16.6. The summed E-state index contributed by atoms with van der Waals surface area (Å²) in [6.07, 6.45) is 5.07. The smallest absolute Gasteiger partial charge is 0.258 e. The average molecular weight is 715 g/mol. The highest BCUT2D eigenvalue weighted by molar-refractivity contribution is 6.10. The molecule has 2 heterocycles. The van der Waals surface area contributed by atoms with Crippen LogP contribution in [0.25, 0.3) is 0 Å². The van der Waals surface area contributed by atoms with Crippen molar-refractivity contribution < 1.29 is 23.9 Å². The number of carbonyl (C=O) groups excluding carboxylic acids is 3. The number of ether oxygens (including phenoxy) is 2. The third-order valence-electron chi connectivity index (χ3n) is 8.95. The van der Waals surface area contributed by atoms with Gasteiger partial charge in [-0.1, -0.05) is 18.2 Å². The molecule has 0 radical (unpaired) electrons. The number of halogens is 2. The second-order valence-electron chi connectivity index (χ2n) is 12.4. The lowest BCUT2D eigenvalue weighted by molar-refractivity contribution is -0.132. The monoisotopic (exact) mass is 713 g/mol. The van der Waals surface area contributed by atoms with E-state index in [0.717, 1.165) is 81.6 Å². The first kappa shape index (κ1) is 39.4. The largest absolute Gasteiger partial charge is 0.495 e. The van der Waals surface area contributed by atoms with Crippen LogP contribution in [0.1, 0.15) is 63.9 Å². The molecule has 0 bridgehead atoms. The minimum atomic E-state index is -0.242. The molecule has 0 saturated carbocycles. The first-order valence-electron chi connectivity index (χ1n) is 16.6. The maximum atomic E-state index is 13.7. The van der Waals surface area contributed by atoms with Gasteiger partial charge in [0.2, 0.25) is 5.91 Å². The molecule has 49 heavy (non-hydrogen) atoms. The van der Waals surface area contributed by atoms with Crippen molar-refractivity contribution in [1.82, 2.24) is 9.80 Å². The molecule has 266 valence electrons. The maximum Gasteiger partial charge on any atom is 0.258 e. The zero-order valence-electron chi connectivity index (χ0n) is 28.9. The third-order valence-corrected chi connectivity index (χ3v) is 8.95. The van der Waals surface area contributed by atoms with E-state index in [1.807, 2.05) is 48.2 Å². The van der Waals surface area contributed by atoms with Gasteiger partial charge in [-0.05, 0) is 93.6 Å². The first-order chi connectivity index (χ1) is 22.7. The molecule has 3 aromatic rings. The van der Waals surface area contributed by atoms with Gasteiger partial charge in [0, 0.05) is 51.8 Å². The highest BCUT2D eigenvalue weighted by Gasteiger charge is 2.22. The highest BCUT2D eigenvalue weighted by Crippen LogP contribution is 2.33. The van der Waals surface area contributed by atoms with E-state index < -0.39 is 0 Å². The van der Waals surface area contributed by atoms with Crippen molar-refractivity contribution >= 4 is 59.6 Å². The second-order valence-corrected chi connectivity index (χ2v) is 12.4. The van der Waals surface area contributed by atoms with Crippen LogP contribution in [0.5, 0.6) is 11.5 Å². The van der Waals surface area contributed by atoms with E-state index in [9.17, 15) is 14.4 Å². The van der Waals surface area contributed by atoms with Gasteiger partial charge in [-0.15, -0.1) is 24.8 Å². The van der Waals surface area contributed by atoms with Crippen LogP contribution in [0.3, 0.4) is 0 Å². The number of fused-ring (bicyclic) bond motifs is 1. The number of methoxy groups -OCH3 is 1. The Morgan fingerprint density at radius 2 is 1.71 bits per heavy atom. The number of amides is 3. The van der Waals surface area contributed by atoms with Crippen LogP contribution in [0, 0.1) is 6.92 Å². The number of piperazine rings is 1. The minimum Gasteiger partial charge on any atom is -0.495 e. The molecule has 1 saturated heterocycles. The summed E-state index contributed by atoms with van der Waals surface area (Å²) in [6, 6.07) is 16.6. The van der Waals surface area contributed by atoms with Crippen LogP contribution in [0.4, 0.5) is 17.1 Å². The van der Waals surface area contributed by atoms with Gasteiger partial charge >= 0.3 is 0 Å². The summed E-state index contributed by atoms with van der Waals surface area (Å²) in [7, 11) is 5.32. The van der Waals surface area contributed by atoms with Crippen molar-refractivity contribution in [3.05, 3.63) is 76.9 Å². The number of unbranched alkanes of at least 4 members (excludes halogenated alkanes) is 2. The summed E-state index contributed by atoms with van der Waals surface area (Å²) in [6.45, 7) is 6.79. The van der Waals surface area contributed by atoms with Crippen LogP contribution in [-0.2, 0) is 11.2 Å². The van der Waals surface area contributed by atoms with Gasteiger partial charge in [0.1, 0.15) is 11.5 Å². The summed E-state index contributed by atoms with van der Waals surface area (Å²) in [5.74, 6) is 0.776. The van der Waals surface area contributed by atoms with E-state index in [0.29, 0.717) is 47.0 Å². The van der Waals surface area contributed by atoms with Crippen molar-refractivity contribution in [2.75, 3.05) is 76.1 Å². The van der Waals surface area contributed by atoms with Gasteiger partial charge in [0.25, 0.3) is 11.8 Å². The normalized spacial score (nSPS) is 13.9. The summed E-state index contributed by atoms with van der Waals surface area (Å²) in [5, 5.41) is 6.32. The zero-order valence-corrected chi connectivity index (χ0v) is 30.5. The fraction of sp³-hybridized carbons (Fsp3) is 0.432. The van der Waals surface area contributed by atoms with Gasteiger partial charge in [-0.25, -0.2) is 0 Å². The Kier molecular flexibility index (Phi) is 15.0. The number of likely N-dealkylation sites (N-methyl/N-ethyl adjacent to an activating group) is 1. The van der Waals surface area contributed by atoms with Crippen LogP contribution in [0.2, 0.25) is 0 Å². The number of nitrogens with one attached hydrogen (secondary N) is 2. The van der Waals surface area contributed by atoms with Crippen LogP contribution in [-0.4, -0.2) is 88.1 Å². The molecular formula is C37H49Cl2N5O5. The molecule has 12 heteroatoms. The van der Waals surface area contributed by atoms with Crippen molar-refractivity contribution in [3.63, 3.8) is 0 Å². The number of nitrogens with zero attached hydrogens (tertiary/aromatic N) is 3.